The number of rotatable bonds is 6. The van der Waals surface area contributed by atoms with Gasteiger partial charge in [-0.25, -0.2) is 0 Å². The van der Waals surface area contributed by atoms with Crippen molar-refractivity contribution in [3.05, 3.63) is 0 Å². The Morgan fingerprint density at radius 1 is 1.33 bits per heavy atom. The Morgan fingerprint density at radius 2 is 2.11 bits per heavy atom. The lowest BCUT2D eigenvalue weighted by atomic mass is 10.0. The maximum Gasteiger partial charge on any atom is 0.239 e. The van der Waals surface area contributed by atoms with E-state index in [0.29, 0.717) is 13.2 Å². The van der Waals surface area contributed by atoms with E-state index >= 15 is 0 Å². The van der Waals surface area contributed by atoms with Crippen LogP contribution in [0.1, 0.15) is 19.3 Å². The number of ether oxygens (including phenoxy) is 1. The number of nitrogens with one attached hydrogen (secondary N) is 3. The summed E-state index contributed by atoms with van der Waals surface area (Å²) in [5.41, 5.74) is 0. The van der Waals surface area contributed by atoms with Crippen molar-refractivity contribution in [3.63, 3.8) is 0 Å². The quantitative estimate of drug-likeness (QED) is 0.569. The highest BCUT2D eigenvalue weighted by Gasteiger charge is 2.20. The molecule has 0 radical (unpaired) electrons. The highest BCUT2D eigenvalue weighted by molar-refractivity contribution is 5.87. The number of hydrogen-bond acceptors (Lipinski definition) is 4. The van der Waals surface area contributed by atoms with Crippen molar-refractivity contribution in [1.82, 2.24) is 16.0 Å². The molecule has 1 aliphatic heterocycles. The van der Waals surface area contributed by atoms with Crippen LogP contribution >= 0.6 is 12.4 Å². The van der Waals surface area contributed by atoms with E-state index in [-0.39, 0.29) is 36.8 Å². The van der Waals surface area contributed by atoms with Crippen molar-refractivity contribution < 1.29 is 14.3 Å². The average Bonchev–Trinajstić information content (AvgIpc) is 2.37. The molecule has 6 nitrogen and oxygen atoms in total. The van der Waals surface area contributed by atoms with Gasteiger partial charge < -0.3 is 20.7 Å². The normalized spacial score (nSPS) is 18.6. The topological polar surface area (TPSA) is 79.5 Å². The minimum Gasteiger partial charge on any atom is -0.383 e. The summed E-state index contributed by atoms with van der Waals surface area (Å²) in [6.07, 6.45) is 3.02. The first-order valence-corrected chi connectivity index (χ1v) is 6.00. The zero-order chi connectivity index (χ0) is 12.5. The van der Waals surface area contributed by atoms with Crippen LogP contribution < -0.4 is 16.0 Å². The lowest BCUT2D eigenvalue weighted by molar-refractivity contribution is -0.127. The number of piperidine rings is 1. The summed E-state index contributed by atoms with van der Waals surface area (Å²) in [5.74, 6) is -0.280. The molecule has 7 heteroatoms. The van der Waals surface area contributed by atoms with Gasteiger partial charge in [-0.05, 0) is 19.4 Å². The summed E-state index contributed by atoms with van der Waals surface area (Å²) in [6.45, 7) is 1.84. The minimum atomic E-state index is -0.189. The van der Waals surface area contributed by atoms with E-state index in [9.17, 15) is 9.59 Å². The second-order valence-corrected chi connectivity index (χ2v) is 4.06. The monoisotopic (exact) mass is 279 g/mol. The minimum absolute atomic E-state index is 0. The van der Waals surface area contributed by atoms with Crippen LogP contribution in [-0.2, 0) is 14.3 Å². The lowest BCUT2D eigenvalue weighted by Crippen LogP contribution is -2.49. The van der Waals surface area contributed by atoms with Crippen molar-refractivity contribution in [2.75, 3.05) is 33.4 Å². The van der Waals surface area contributed by atoms with Gasteiger partial charge in [-0.3, -0.25) is 9.59 Å². The van der Waals surface area contributed by atoms with Gasteiger partial charge in [0.25, 0.3) is 0 Å². The zero-order valence-corrected chi connectivity index (χ0v) is 11.5. The van der Waals surface area contributed by atoms with Gasteiger partial charge in [0.2, 0.25) is 11.8 Å². The van der Waals surface area contributed by atoms with E-state index in [1.165, 1.54) is 0 Å². The van der Waals surface area contributed by atoms with Crippen LogP contribution in [0.3, 0.4) is 0 Å². The van der Waals surface area contributed by atoms with E-state index in [0.717, 1.165) is 25.8 Å². The predicted octanol–water partition coefficient (Wildman–Crippen LogP) is -0.571. The van der Waals surface area contributed by atoms with Gasteiger partial charge in [0.1, 0.15) is 0 Å². The predicted molar refractivity (Wildman–Crippen MR) is 70.8 cm³/mol. The largest absolute Gasteiger partial charge is 0.383 e. The van der Waals surface area contributed by atoms with Gasteiger partial charge in [0.15, 0.2) is 0 Å². The Kier molecular flexibility index (Phi) is 9.63. The standard InChI is InChI=1S/C11H21N3O3.ClH/c1-17-7-6-13-10(15)8-14-11(16)9-4-2-3-5-12-9;/h9,12H,2-8H2,1H3,(H,13,15)(H,14,16);1H/t9-;/m0./s1. The fourth-order valence-corrected chi connectivity index (χ4v) is 1.72. The third kappa shape index (κ3) is 6.78. The Morgan fingerprint density at radius 3 is 2.72 bits per heavy atom. The van der Waals surface area contributed by atoms with E-state index in [2.05, 4.69) is 16.0 Å². The van der Waals surface area contributed by atoms with Crippen molar-refractivity contribution in [3.8, 4) is 0 Å². The Balaban J connectivity index is 0.00000289. The molecule has 1 aliphatic rings. The molecule has 1 heterocycles. The Labute approximate surface area is 114 Å². The molecule has 1 saturated heterocycles. The zero-order valence-electron chi connectivity index (χ0n) is 10.7. The third-order valence-electron chi connectivity index (χ3n) is 2.68. The van der Waals surface area contributed by atoms with E-state index in [1.54, 1.807) is 7.11 Å². The molecule has 0 aliphatic carbocycles. The van der Waals surface area contributed by atoms with Gasteiger partial charge in [-0.15, -0.1) is 12.4 Å². The highest BCUT2D eigenvalue weighted by atomic mass is 35.5. The number of methoxy groups -OCH3 is 1. The van der Waals surface area contributed by atoms with Crippen LogP contribution in [0.25, 0.3) is 0 Å². The average molecular weight is 280 g/mol. The summed E-state index contributed by atoms with van der Waals surface area (Å²) in [6, 6.07) is -0.143. The number of carbonyl (C=O) groups excluding carboxylic acids is 2. The molecule has 0 aromatic rings. The molecule has 0 aromatic carbocycles. The van der Waals surface area contributed by atoms with Gasteiger partial charge in [0.05, 0.1) is 19.2 Å². The van der Waals surface area contributed by atoms with Gasteiger partial charge in [0, 0.05) is 13.7 Å². The number of amides is 2. The van der Waals surface area contributed by atoms with E-state index < -0.39 is 0 Å². The highest BCUT2D eigenvalue weighted by Crippen LogP contribution is 2.06. The maximum atomic E-state index is 11.7. The second kappa shape index (κ2) is 10.1. The summed E-state index contributed by atoms with van der Waals surface area (Å²) < 4.78 is 4.80. The van der Waals surface area contributed by atoms with Gasteiger partial charge in [-0.1, -0.05) is 6.42 Å². The first-order valence-electron chi connectivity index (χ1n) is 6.00. The molecule has 18 heavy (non-hydrogen) atoms. The molecule has 106 valence electrons. The van der Waals surface area contributed by atoms with Crippen LogP contribution in [0.5, 0.6) is 0 Å². The molecule has 0 bridgehead atoms. The maximum absolute atomic E-state index is 11.7. The molecule has 3 N–H and O–H groups in total. The second-order valence-electron chi connectivity index (χ2n) is 4.06. The Hall–Kier alpha value is -0.850. The SMILES string of the molecule is COCCNC(=O)CNC(=O)[C@@H]1CCCCN1.Cl. The number of hydrogen-bond donors (Lipinski definition) is 3. The summed E-state index contributed by atoms with van der Waals surface area (Å²) >= 11 is 0. The van der Waals surface area contributed by atoms with Crippen molar-refractivity contribution in [1.29, 1.82) is 0 Å². The molecule has 1 rings (SSSR count). The fraction of sp³-hybridized carbons (Fsp3) is 0.818. The first kappa shape index (κ1) is 17.2. The van der Waals surface area contributed by atoms with Crippen molar-refractivity contribution in [2.24, 2.45) is 0 Å². The van der Waals surface area contributed by atoms with E-state index in [4.69, 9.17) is 4.74 Å². The molecule has 1 fully saturated rings. The Bertz CT molecular complexity index is 258. The summed E-state index contributed by atoms with van der Waals surface area (Å²) in [7, 11) is 1.57. The first-order chi connectivity index (χ1) is 8.24. The smallest absolute Gasteiger partial charge is 0.239 e. The number of halogens is 1. The fourth-order valence-electron chi connectivity index (χ4n) is 1.72. The third-order valence-corrected chi connectivity index (χ3v) is 2.68. The van der Waals surface area contributed by atoms with Gasteiger partial charge >= 0.3 is 0 Å². The number of carbonyl (C=O) groups is 2. The van der Waals surface area contributed by atoms with Crippen LogP contribution in [0.4, 0.5) is 0 Å². The molecule has 0 spiro atoms. The van der Waals surface area contributed by atoms with Crippen molar-refractivity contribution in [2.45, 2.75) is 25.3 Å². The van der Waals surface area contributed by atoms with Crippen LogP contribution in [0.2, 0.25) is 0 Å². The van der Waals surface area contributed by atoms with Crippen molar-refractivity contribution >= 4 is 24.2 Å². The van der Waals surface area contributed by atoms with Crippen LogP contribution in [0.15, 0.2) is 0 Å². The van der Waals surface area contributed by atoms with Crippen LogP contribution in [-0.4, -0.2) is 51.2 Å². The lowest BCUT2D eigenvalue weighted by Gasteiger charge is -2.22. The summed E-state index contributed by atoms with van der Waals surface area (Å²) in [5, 5.41) is 8.40. The van der Waals surface area contributed by atoms with Crippen LogP contribution in [0, 0.1) is 0 Å². The molecule has 1 atom stereocenters. The molecule has 0 saturated carbocycles. The molecular weight excluding hydrogens is 258 g/mol. The van der Waals surface area contributed by atoms with Gasteiger partial charge in [-0.2, -0.15) is 0 Å². The summed E-state index contributed by atoms with van der Waals surface area (Å²) in [4.78, 5) is 23.0. The van der Waals surface area contributed by atoms with E-state index in [1.807, 2.05) is 0 Å². The molecular formula is C11H22ClN3O3. The molecule has 2 amide bonds. The molecule has 0 aromatic heterocycles. The molecule has 0 unspecified atom stereocenters.